The SMILES string of the molecule is NC=O.[O-][Cl+3]([O-])([O-])O. The van der Waals surface area contributed by atoms with Crippen molar-refractivity contribution >= 4 is 6.41 Å². The van der Waals surface area contributed by atoms with Gasteiger partial charge in [-0.2, -0.15) is 14.0 Å². The molecule has 0 aliphatic carbocycles. The minimum absolute atomic E-state index is 0.250. The highest BCUT2D eigenvalue weighted by Crippen LogP contribution is 1.60. The summed E-state index contributed by atoms with van der Waals surface area (Å²) in [6.07, 6.45) is 0.250. The van der Waals surface area contributed by atoms with E-state index >= 15 is 0 Å². The standard InChI is InChI=1S/CH3NO.ClHO4/c2-1-3;2-1(3,4)5/h1H,(H2,2,3);(H,2,3,4,5). The lowest BCUT2D eigenvalue weighted by Crippen LogP contribution is -2.58. The van der Waals surface area contributed by atoms with Gasteiger partial charge in [-0.15, -0.1) is 0 Å². The summed E-state index contributed by atoms with van der Waals surface area (Å²) >= 11 is 0. The Bertz CT molecular complexity index is 51.9. The first-order valence-corrected chi connectivity index (χ1v) is 2.46. The number of halogens is 1. The Morgan fingerprint density at radius 2 is 1.50 bits per heavy atom. The van der Waals surface area contributed by atoms with E-state index in [1.54, 1.807) is 0 Å². The molecule has 0 bridgehead atoms. The number of hydrogen-bond acceptors (Lipinski definition) is 5. The van der Waals surface area contributed by atoms with Crippen molar-refractivity contribution in [1.82, 2.24) is 0 Å². The second-order valence-corrected chi connectivity index (χ2v) is 1.32. The molecule has 0 aromatic rings. The Labute approximate surface area is 46.9 Å². The summed E-state index contributed by atoms with van der Waals surface area (Å²) in [4.78, 5) is 8.58. The second-order valence-electron chi connectivity index (χ2n) is 0.532. The van der Waals surface area contributed by atoms with E-state index in [-0.39, 0.29) is 6.41 Å². The Morgan fingerprint density at radius 1 is 1.50 bits per heavy atom. The highest BCUT2D eigenvalue weighted by Gasteiger charge is 1.98. The van der Waals surface area contributed by atoms with Crippen LogP contribution in [0.2, 0.25) is 0 Å². The molecule has 0 aromatic heterocycles. The number of rotatable bonds is 0. The van der Waals surface area contributed by atoms with Crippen molar-refractivity contribution in [2.45, 2.75) is 0 Å². The molecule has 0 aliphatic rings. The largest absolute Gasteiger partial charge is 0.372 e. The lowest BCUT2D eigenvalue weighted by Gasteiger charge is -2.03. The number of primary amides is 1. The number of carbonyl (C=O) groups excluding carboxylic acids is 1. The van der Waals surface area contributed by atoms with Gasteiger partial charge in [-0.1, -0.05) is 0 Å². The molecule has 3 N–H and O–H groups in total. The van der Waals surface area contributed by atoms with Crippen molar-refractivity contribution in [3.05, 3.63) is 0 Å². The lowest BCUT2D eigenvalue weighted by molar-refractivity contribution is -1.92. The summed E-state index contributed by atoms with van der Waals surface area (Å²) in [5.41, 5.74) is 4.17. The molecule has 0 fully saturated rings. The van der Waals surface area contributed by atoms with Crippen LogP contribution in [-0.2, 0) is 4.79 Å². The molecule has 0 saturated heterocycles. The van der Waals surface area contributed by atoms with E-state index in [1.807, 2.05) is 0 Å². The predicted molar refractivity (Wildman–Crippen MR) is 12.5 cm³/mol. The molecule has 0 radical (unpaired) electrons. The van der Waals surface area contributed by atoms with Gasteiger partial charge >= 0.3 is 0 Å². The van der Waals surface area contributed by atoms with Gasteiger partial charge in [0.2, 0.25) is 6.41 Å². The van der Waals surface area contributed by atoms with Crippen LogP contribution in [0.25, 0.3) is 0 Å². The zero-order valence-electron chi connectivity index (χ0n) is 3.61. The van der Waals surface area contributed by atoms with Gasteiger partial charge in [0.25, 0.3) is 0 Å². The van der Waals surface area contributed by atoms with Gasteiger partial charge in [-0.25, -0.2) is 0 Å². The summed E-state index contributed by atoms with van der Waals surface area (Å²) in [5.74, 6) is 0. The maximum absolute atomic E-state index is 8.60. The number of amides is 1. The highest BCUT2D eigenvalue weighted by molar-refractivity contribution is 5.42. The highest BCUT2D eigenvalue weighted by atomic mass is 35.7. The minimum atomic E-state index is -4.69. The lowest BCUT2D eigenvalue weighted by atomic mass is 11.5. The first-order valence-electron chi connectivity index (χ1n) is 1.20. The van der Waals surface area contributed by atoms with E-state index in [9.17, 15) is 0 Å². The molecular weight excluding hydrogens is 141 g/mol. The van der Waals surface area contributed by atoms with Gasteiger partial charge in [0.15, 0.2) is 0 Å². The van der Waals surface area contributed by atoms with Crippen molar-refractivity contribution in [3.63, 3.8) is 0 Å². The third kappa shape index (κ3) is 741. The molecule has 0 unspecified atom stereocenters. The van der Waals surface area contributed by atoms with Crippen LogP contribution in [0.5, 0.6) is 0 Å². The van der Waals surface area contributed by atoms with Crippen LogP contribution in [0.1, 0.15) is 0 Å². The Hall–Kier alpha value is -0.400. The fourth-order valence-corrected chi connectivity index (χ4v) is 0. The summed E-state index contributed by atoms with van der Waals surface area (Å²) in [7, 11) is -4.69. The normalized spacial score (nSPS) is 9.00. The van der Waals surface area contributed by atoms with Crippen LogP contribution in [0.3, 0.4) is 0 Å². The molecule has 0 heterocycles. The summed E-state index contributed by atoms with van der Waals surface area (Å²) in [6, 6.07) is 0. The molecule has 6 nitrogen and oxygen atoms in total. The molecule has 1 amide bonds. The van der Waals surface area contributed by atoms with Crippen LogP contribution < -0.4 is 19.7 Å². The molecule has 0 aliphatic heterocycles. The van der Waals surface area contributed by atoms with Gasteiger partial charge < -0.3 is 5.73 Å². The molecular formula is CH4ClNO5. The van der Waals surface area contributed by atoms with Crippen LogP contribution in [-0.4, -0.2) is 11.1 Å². The van der Waals surface area contributed by atoms with Crippen LogP contribution in [0.4, 0.5) is 0 Å². The van der Waals surface area contributed by atoms with Crippen LogP contribution >= 0.6 is 0 Å². The average Bonchev–Trinajstić information content (AvgIpc) is 1.27. The van der Waals surface area contributed by atoms with E-state index in [4.69, 9.17) is 23.4 Å². The van der Waals surface area contributed by atoms with Crippen molar-refractivity contribution in [3.8, 4) is 0 Å². The van der Waals surface area contributed by atoms with Crippen LogP contribution in [0.15, 0.2) is 0 Å². The zero-order chi connectivity index (χ0) is 7.21. The summed E-state index contributed by atoms with van der Waals surface area (Å²) < 4.78 is 32.7. The predicted octanol–water partition coefficient (Wildman–Crippen LogP) is -5.02. The summed E-state index contributed by atoms with van der Waals surface area (Å²) in [5, 5.41) is 0. The maximum atomic E-state index is 8.60. The molecule has 7 heteroatoms. The fourth-order valence-electron chi connectivity index (χ4n) is 0. The van der Waals surface area contributed by atoms with Crippen molar-refractivity contribution < 1.29 is 33.7 Å². The van der Waals surface area contributed by atoms with Crippen molar-refractivity contribution in [1.29, 1.82) is 0 Å². The quantitative estimate of drug-likeness (QED) is 0.329. The van der Waals surface area contributed by atoms with Gasteiger partial charge in [-0.3, -0.25) is 4.79 Å². The minimum Gasteiger partial charge on any atom is -0.372 e. The first kappa shape index (κ1) is 10.6. The van der Waals surface area contributed by atoms with Gasteiger partial charge in [0.1, 0.15) is 0 Å². The van der Waals surface area contributed by atoms with E-state index in [1.165, 1.54) is 0 Å². The molecule has 0 saturated carbocycles. The molecule has 8 heavy (non-hydrogen) atoms. The smallest absolute Gasteiger partial charge is 0.204 e. The third-order valence-electron chi connectivity index (χ3n) is 0. The first-order chi connectivity index (χ1) is 3.41. The van der Waals surface area contributed by atoms with Crippen LogP contribution in [0, 0.1) is 10.2 Å². The topological polar surface area (TPSA) is 132 Å². The van der Waals surface area contributed by atoms with Gasteiger partial charge in [0, 0.05) is 0 Å². The van der Waals surface area contributed by atoms with E-state index < -0.39 is 10.2 Å². The molecule has 50 valence electrons. The monoisotopic (exact) mass is 145 g/mol. The molecule has 0 aromatic carbocycles. The number of carbonyl (C=O) groups is 1. The Balaban J connectivity index is 0. The van der Waals surface area contributed by atoms with E-state index in [2.05, 4.69) is 5.73 Å². The van der Waals surface area contributed by atoms with Crippen molar-refractivity contribution in [2.75, 3.05) is 0 Å². The average molecular weight is 145 g/mol. The number of nitrogens with two attached hydrogens (primary N) is 1. The summed E-state index contributed by atoms with van der Waals surface area (Å²) in [6.45, 7) is 0. The maximum Gasteiger partial charge on any atom is 0.204 e. The number of hydrogen-bond donors (Lipinski definition) is 2. The van der Waals surface area contributed by atoms with Gasteiger partial charge in [0.05, 0.1) is 14.9 Å². The zero-order valence-corrected chi connectivity index (χ0v) is 4.37. The van der Waals surface area contributed by atoms with Crippen molar-refractivity contribution in [2.24, 2.45) is 5.73 Å². The Morgan fingerprint density at radius 3 is 1.50 bits per heavy atom. The van der Waals surface area contributed by atoms with E-state index in [0.29, 0.717) is 0 Å². The molecule has 0 atom stereocenters. The van der Waals surface area contributed by atoms with E-state index in [0.717, 1.165) is 0 Å². The molecule has 0 spiro atoms. The molecule has 0 rings (SSSR count). The van der Waals surface area contributed by atoms with Gasteiger partial charge in [-0.05, 0) is 0 Å². The Kier molecular flexibility index (Phi) is 6.27. The fraction of sp³-hybridized carbons (Fsp3) is 0. The second kappa shape index (κ2) is 4.75. The third-order valence-corrected chi connectivity index (χ3v) is 0.